The van der Waals surface area contributed by atoms with Crippen molar-refractivity contribution in [2.75, 3.05) is 18.4 Å². The van der Waals surface area contributed by atoms with Crippen LogP contribution < -0.4 is 10.6 Å². The second-order valence-corrected chi connectivity index (χ2v) is 8.39. The number of aromatic nitrogens is 4. The molecule has 29 heavy (non-hydrogen) atoms. The Morgan fingerprint density at radius 3 is 2.79 bits per heavy atom. The van der Waals surface area contributed by atoms with E-state index in [0.717, 1.165) is 36.0 Å². The Hall–Kier alpha value is -2.67. The highest BCUT2D eigenvalue weighted by Crippen LogP contribution is 2.35. The van der Waals surface area contributed by atoms with Crippen LogP contribution in [0.4, 0.5) is 5.95 Å². The van der Waals surface area contributed by atoms with Crippen LogP contribution in [0.1, 0.15) is 49.6 Å². The van der Waals surface area contributed by atoms with Crippen molar-refractivity contribution in [3.63, 3.8) is 0 Å². The molecule has 5 rings (SSSR count). The smallest absolute Gasteiger partial charge is 0.231 e. The van der Waals surface area contributed by atoms with Crippen LogP contribution in [0.25, 0.3) is 11.0 Å². The van der Waals surface area contributed by atoms with E-state index in [9.17, 15) is 4.79 Å². The van der Waals surface area contributed by atoms with Crippen molar-refractivity contribution in [3.05, 3.63) is 42.2 Å². The van der Waals surface area contributed by atoms with Crippen LogP contribution in [0.15, 0.2) is 36.7 Å². The number of rotatable bonds is 4. The average Bonchev–Trinajstić information content (AvgIpc) is 3.46. The number of para-hydroxylation sites is 2. The molecule has 0 spiro atoms. The third kappa shape index (κ3) is 3.44. The minimum atomic E-state index is -0.126. The number of carbonyl (C=O) groups is 1. The summed E-state index contributed by atoms with van der Waals surface area (Å²) >= 11 is 0. The number of nitrogens with one attached hydrogen (secondary N) is 2. The van der Waals surface area contributed by atoms with E-state index in [1.165, 1.54) is 19.3 Å². The van der Waals surface area contributed by atoms with Gasteiger partial charge in [0.25, 0.3) is 0 Å². The van der Waals surface area contributed by atoms with E-state index in [1.807, 2.05) is 37.6 Å². The van der Waals surface area contributed by atoms with Gasteiger partial charge in [0.15, 0.2) is 0 Å². The zero-order chi connectivity index (χ0) is 19.8. The fraction of sp³-hybridized carbons (Fsp3) is 0.500. The average molecular weight is 393 g/mol. The van der Waals surface area contributed by atoms with Gasteiger partial charge in [0.2, 0.25) is 11.9 Å². The Bertz CT molecular complexity index is 1020. The Morgan fingerprint density at radius 2 is 2.00 bits per heavy atom. The normalized spacial score (nSPS) is 22.9. The quantitative estimate of drug-likeness (QED) is 0.715. The Labute approximate surface area is 170 Å². The number of hydrogen-bond acceptors (Lipinski definition) is 4. The number of amides is 1. The molecule has 0 unspecified atom stereocenters. The summed E-state index contributed by atoms with van der Waals surface area (Å²) in [6.07, 6.45) is 9.94. The van der Waals surface area contributed by atoms with E-state index >= 15 is 0 Å². The van der Waals surface area contributed by atoms with Crippen LogP contribution in [0, 0.1) is 5.92 Å². The molecule has 7 heteroatoms. The second-order valence-electron chi connectivity index (χ2n) is 8.39. The van der Waals surface area contributed by atoms with E-state index in [1.54, 1.807) is 4.68 Å². The summed E-state index contributed by atoms with van der Waals surface area (Å²) in [6.45, 7) is 1.47. The fourth-order valence-electron chi connectivity index (χ4n) is 4.98. The molecule has 2 N–H and O–H groups in total. The van der Waals surface area contributed by atoms with Gasteiger partial charge in [-0.2, -0.15) is 5.10 Å². The summed E-state index contributed by atoms with van der Waals surface area (Å²) < 4.78 is 4.07. The van der Waals surface area contributed by atoms with E-state index in [0.29, 0.717) is 18.5 Å². The van der Waals surface area contributed by atoms with Crippen molar-refractivity contribution < 1.29 is 4.79 Å². The van der Waals surface area contributed by atoms with Crippen LogP contribution in [0.2, 0.25) is 0 Å². The summed E-state index contributed by atoms with van der Waals surface area (Å²) in [7, 11) is 1.91. The lowest BCUT2D eigenvalue weighted by molar-refractivity contribution is -0.119. The molecule has 3 heterocycles. The second kappa shape index (κ2) is 7.63. The van der Waals surface area contributed by atoms with Gasteiger partial charge in [0.05, 0.1) is 23.1 Å². The van der Waals surface area contributed by atoms with E-state index in [-0.39, 0.29) is 17.7 Å². The van der Waals surface area contributed by atoms with Gasteiger partial charge in [0.1, 0.15) is 0 Å². The number of benzene rings is 1. The van der Waals surface area contributed by atoms with Gasteiger partial charge in [-0.1, -0.05) is 31.4 Å². The first-order chi connectivity index (χ1) is 14.2. The number of imidazole rings is 1. The third-order valence-corrected chi connectivity index (χ3v) is 6.47. The summed E-state index contributed by atoms with van der Waals surface area (Å²) in [5.74, 6) is 0.742. The van der Waals surface area contributed by atoms with Crippen molar-refractivity contribution in [3.8, 4) is 0 Å². The molecule has 152 valence electrons. The minimum Gasteiger partial charge on any atom is -0.315 e. The third-order valence-electron chi connectivity index (χ3n) is 6.47. The highest BCUT2D eigenvalue weighted by atomic mass is 16.2. The summed E-state index contributed by atoms with van der Waals surface area (Å²) in [4.78, 5) is 18.1. The molecular weight excluding hydrogens is 364 g/mol. The van der Waals surface area contributed by atoms with E-state index < -0.39 is 0 Å². The lowest BCUT2D eigenvalue weighted by atomic mass is 9.90. The molecule has 1 amide bonds. The van der Waals surface area contributed by atoms with Crippen LogP contribution in [0.3, 0.4) is 0 Å². The standard InChI is InChI=1S/C22H28N6O/c1-27-14-15(11-24-27)17-12-23-13-18(17)21(29)26-22-25-19-9-5-6-10-20(19)28(22)16-7-3-2-4-8-16/h5-6,9-11,14,16-18,23H,2-4,7-8,12-13H2,1H3,(H,25,26,29)/t17-,18+/m1/s1. The Morgan fingerprint density at radius 1 is 1.17 bits per heavy atom. The largest absolute Gasteiger partial charge is 0.315 e. The molecule has 3 aromatic rings. The van der Waals surface area contributed by atoms with Gasteiger partial charge in [-0.25, -0.2) is 4.98 Å². The predicted octanol–water partition coefficient (Wildman–Crippen LogP) is 3.22. The highest BCUT2D eigenvalue weighted by molar-refractivity contribution is 5.94. The van der Waals surface area contributed by atoms with Gasteiger partial charge in [-0.3, -0.25) is 14.8 Å². The Kier molecular flexibility index (Phi) is 4.83. The van der Waals surface area contributed by atoms with Crippen molar-refractivity contribution in [2.45, 2.75) is 44.1 Å². The molecule has 1 saturated carbocycles. The van der Waals surface area contributed by atoms with Crippen LogP contribution in [-0.4, -0.2) is 38.3 Å². The molecule has 2 aromatic heterocycles. The highest BCUT2D eigenvalue weighted by Gasteiger charge is 2.35. The van der Waals surface area contributed by atoms with Crippen molar-refractivity contribution in [2.24, 2.45) is 13.0 Å². The van der Waals surface area contributed by atoms with Crippen LogP contribution >= 0.6 is 0 Å². The maximum absolute atomic E-state index is 13.3. The number of nitrogens with zero attached hydrogens (tertiary/aromatic N) is 4. The molecule has 2 fully saturated rings. The monoisotopic (exact) mass is 392 g/mol. The van der Waals surface area contributed by atoms with Gasteiger partial charge in [0, 0.05) is 38.3 Å². The van der Waals surface area contributed by atoms with Crippen LogP contribution in [0.5, 0.6) is 0 Å². The topological polar surface area (TPSA) is 76.8 Å². The van der Waals surface area contributed by atoms with Crippen LogP contribution in [-0.2, 0) is 11.8 Å². The molecule has 7 nitrogen and oxygen atoms in total. The molecule has 2 atom stereocenters. The molecule has 1 aliphatic heterocycles. The molecule has 1 aliphatic carbocycles. The van der Waals surface area contributed by atoms with Gasteiger partial charge >= 0.3 is 0 Å². The van der Waals surface area contributed by atoms with Gasteiger partial charge in [-0.05, 0) is 30.5 Å². The number of hydrogen-bond donors (Lipinski definition) is 2. The van der Waals surface area contributed by atoms with Crippen molar-refractivity contribution >= 4 is 22.9 Å². The molecule has 0 radical (unpaired) electrons. The zero-order valence-electron chi connectivity index (χ0n) is 16.8. The first-order valence-electron chi connectivity index (χ1n) is 10.7. The molecule has 0 bridgehead atoms. The number of aryl methyl sites for hydroxylation is 1. The summed E-state index contributed by atoms with van der Waals surface area (Å²) in [5.41, 5.74) is 3.17. The number of fused-ring (bicyclic) bond motifs is 1. The fourth-order valence-corrected chi connectivity index (χ4v) is 4.98. The first-order valence-corrected chi connectivity index (χ1v) is 10.7. The maximum Gasteiger partial charge on any atom is 0.231 e. The maximum atomic E-state index is 13.3. The van der Waals surface area contributed by atoms with E-state index in [4.69, 9.17) is 4.98 Å². The Balaban J connectivity index is 1.44. The van der Waals surface area contributed by atoms with Gasteiger partial charge < -0.3 is 9.88 Å². The molecule has 1 saturated heterocycles. The van der Waals surface area contributed by atoms with Crippen molar-refractivity contribution in [1.82, 2.24) is 24.6 Å². The summed E-state index contributed by atoms with van der Waals surface area (Å²) in [6, 6.07) is 8.60. The first kappa shape index (κ1) is 18.4. The molecule has 2 aliphatic rings. The number of carbonyl (C=O) groups excluding carboxylic acids is 1. The lowest BCUT2D eigenvalue weighted by Gasteiger charge is -2.26. The zero-order valence-corrected chi connectivity index (χ0v) is 16.8. The predicted molar refractivity (Wildman–Crippen MR) is 113 cm³/mol. The minimum absolute atomic E-state index is 0.0382. The summed E-state index contributed by atoms with van der Waals surface area (Å²) in [5, 5.41) is 10.9. The number of anilines is 1. The van der Waals surface area contributed by atoms with Gasteiger partial charge in [-0.15, -0.1) is 0 Å². The molecule has 1 aromatic carbocycles. The van der Waals surface area contributed by atoms with E-state index in [2.05, 4.69) is 26.4 Å². The molecular formula is C22H28N6O. The SMILES string of the molecule is Cn1cc([C@H]2CNC[C@@H]2C(=O)Nc2nc3ccccc3n2C2CCCCC2)cn1. The van der Waals surface area contributed by atoms with Crippen molar-refractivity contribution in [1.29, 1.82) is 0 Å². The lowest BCUT2D eigenvalue weighted by Crippen LogP contribution is -2.30.